The standard InChI is InChI=1S/C58H64N6O7/c1-3-37-14-13-16-44(30-37)63(4-2)54(66)36-64-49-17-10-9-15-40(49)33-50(64)51(65)31-38-18-20-39(21-19-38)55(67)61-28-11-7-5-6-8-12-29-62-56(68)41-22-25-45-48(32-41)58(71-57(45)69)46-26-23-42(59)34-52(46)70-53-35-43(60)24-27-47(53)58/h9-10,13-17,22-27,30,32-35,38-39H,3-8,11-12,18-21,28-29,31,36,59-60H2,1-2H3,(H,61,67)(H,62,68). The summed E-state index contributed by atoms with van der Waals surface area (Å²) in [4.78, 5) is 69.6. The molecule has 0 radical (unpaired) electrons. The second-order valence-electron chi connectivity index (χ2n) is 19.3. The number of nitrogens with two attached hydrogens (primary N) is 2. The van der Waals surface area contributed by atoms with Crippen LogP contribution in [-0.4, -0.2) is 53.7 Å². The summed E-state index contributed by atoms with van der Waals surface area (Å²) in [6.07, 6.45) is 10.2. The van der Waals surface area contributed by atoms with Gasteiger partial charge in [0.1, 0.15) is 18.0 Å². The SMILES string of the molecule is CCc1cccc(N(CC)C(=O)Cn2c(C(=O)CC3CCC(C(=O)NCCCCCCCCNC(=O)c4ccc5c(c4)C4(OC5=O)c5ccc(N)cc5Oc5cc(N)ccc54)CC3)cc3ccccc32)c1. The highest BCUT2D eigenvalue weighted by Gasteiger charge is 2.54. The molecular formula is C58H64N6O7. The Morgan fingerprint density at radius 2 is 1.39 bits per heavy atom. The number of ketones is 1. The number of nitrogen functional groups attached to an aromatic ring is 2. The second kappa shape index (κ2) is 21.3. The Bertz CT molecular complexity index is 2940. The van der Waals surface area contributed by atoms with E-state index in [4.69, 9.17) is 20.9 Å². The van der Waals surface area contributed by atoms with Gasteiger partial charge in [0.25, 0.3) is 5.91 Å². The van der Waals surface area contributed by atoms with E-state index in [1.165, 1.54) is 5.56 Å². The van der Waals surface area contributed by atoms with Gasteiger partial charge in [0.05, 0.1) is 11.3 Å². The van der Waals surface area contributed by atoms with E-state index < -0.39 is 11.6 Å². The molecule has 0 unspecified atom stereocenters. The number of hydrogen-bond donors (Lipinski definition) is 4. The predicted octanol–water partition coefficient (Wildman–Crippen LogP) is 10.3. The van der Waals surface area contributed by atoms with E-state index in [1.54, 1.807) is 59.5 Å². The van der Waals surface area contributed by atoms with Crippen molar-refractivity contribution in [2.24, 2.45) is 11.8 Å². The van der Waals surface area contributed by atoms with Gasteiger partial charge in [-0.25, -0.2) is 4.79 Å². The fraction of sp³-hybridized carbons (Fsp3) is 0.362. The first-order valence-corrected chi connectivity index (χ1v) is 25.4. The molecule has 3 heterocycles. The van der Waals surface area contributed by atoms with Crippen LogP contribution in [0.15, 0.2) is 109 Å². The maximum absolute atomic E-state index is 14.0. The summed E-state index contributed by atoms with van der Waals surface area (Å²) >= 11 is 0. The van der Waals surface area contributed by atoms with Crippen molar-refractivity contribution in [1.29, 1.82) is 0 Å². The Balaban J connectivity index is 0.684. The van der Waals surface area contributed by atoms with E-state index >= 15 is 0 Å². The van der Waals surface area contributed by atoms with Crippen LogP contribution in [0.5, 0.6) is 11.5 Å². The zero-order valence-electron chi connectivity index (χ0n) is 40.8. The Morgan fingerprint density at radius 1 is 0.718 bits per heavy atom. The molecule has 1 aromatic heterocycles. The molecule has 13 nitrogen and oxygen atoms in total. The Morgan fingerprint density at radius 3 is 2.08 bits per heavy atom. The molecular weight excluding hydrogens is 893 g/mol. The van der Waals surface area contributed by atoms with Gasteiger partial charge in [0.2, 0.25) is 11.8 Å². The molecule has 1 aliphatic carbocycles. The number of para-hydroxylation sites is 1. The molecule has 0 bridgehead atoms. The molecule has 5 aromatic carbocycles. The van der Waals surface area contributed by atoms with Crippen LogP contribution >= 0.6 is 0 Å². The third kappa shape index (κ3) is 10.1. The average Bonchev–Trinajstić information content (AvgIpc) is 3.88. The average molecular weight is 957 g/mol. The van der Waals surface area contributed by atoms with E-state index in [2.05, 4.69) is 29.7 Å². The largest absolute Gasteiger partial charge is 0.456 e. The maximum Gasteiger partial charge on any atom is 0.340 e. The number of rotatable bonds is 19. The van der Waals surface area contributed by atoms with Gasteiger partial charge in [-0.3, -0.25) is 19.2 Å². The fourth-order valence-corrected chi connectivity index (χ4v) is 10.8. The fourth-order valence-electron chi connectivity index (χ4n) is 10.8. The third-order valence-corrected chi connectivity index (χ3v) is 14.6. The molecule has 3 amide bonds. The minimum Gasteiger partial charge on any atom is -0.456 e. The van der Waals surface area contributed by atoms with Crippen molar-refractivity contribution in [3.63, 3.8) is 0 Å². The van der Waals surface area contributed by atoms with Crippen molar-refractivity contribution in [3.05, 3.63) is 148 Å². The molecule has 0 atom stereocenters. The van der Waals surface area contributed by atoms with Gasteiger partial charge in [0.15, 0.2) is 11.4 Å². The number of carbonyl (C=O) groups is 5. The Labute approximate surface area is 415 Å². The lowest BCUT2D eigenvalue weighted by atomic mass is 9.77. The van der Waals surface area contributed by atoms with Gasteiger partial charge in [0, 0.05) is 94.3 Å². The quantitative estimate of drug-likeness (QED) is 0.0265. The molecule has 6 N–H and O–H groups in total. The monoisotopic (exact) mass is 956 g/mol. The molecule has 71 heavy (non-hydrogen) atoms. The number of nitrogens with zero attached hydrogens (tertiary/aromatic N) is 2. The summed E-state index contributed by atoms with van der Waals surface area (Å²) < 4.78 is 14.3. The lowest BCUT2D eigenvalue weighted by Crippen LogP contribution is -2.35. The molecule has 13 heteroatoms. The molecule has 2 aliphatic heterocycles. The summed E-state index contributed by atoms with van der Waals surface area (Å²) in [6.45, 7) is 5.83. The number of Topliss-reactive ketones (excluding diaryl/α,β-unsaturated/α-hetero) is 1. The maximum atomic E-state index is 14.0. The van der Waals surface area contributed by atoms with Crippen molar-refractivity contribution in [2.75, 3.05) is 36.0 Å². The first-order chi connectivity index (χ1) is 34.5. The van der Waals surface area contributed by atoms with E-state index in [9.17, 15) is 24.0 Å². The third-order valence-electron chi connectivity index (χ3n) is 14.6. The van der Waals surface area contributed by atoms with Crippen LogP contribution in [0.2, 0.25) is 0 Å². The number of likely N-dealkylation sites (N-methyl/N-ethyl adjacent to an activating group) is 1. The van der Waals surface area contributed by atoms with Gasteiger partial charge in [-0.15, -0.1) is 0 Å². The van der Waals surface area contributed by atoms with Crippen molar-refractivity contribution < 1.29 is 33.4 Å². The molecule has 9 rings (SSSR count). The number of unbranched alkanes of at least 4 members (excludes halogenated alkanes) is 5. The molecule has 368 valence electrons. The molecule has 6 aromatic rings. The predicted molar refractivity (Wildman–Crippen MR) is 277 cm³/mol. The molecule has 1 fully saturated rings. The Hall–Kier alpha value is -7.41. The van der Waals surface area contributed by atoms with Crippen molar-refractivity contribution in [2.45, 2.75) is 103 Å². The van der Waals surface area contributed by atoms with Crippen LogP contribution in [0.25, 0.3) is 10.9 Å². The van der Waals surface area contributed by atoms with Crippen LogP contribution in [0.4, 0.5) is 17.1 Å². The van der Waals surface area contributed by atoms with Crippen LogP contribution in [-0.2, 0) is 32.9 Å². The van der Waals surface area contributed by atoms with E-state index in [0.717, 1.165) is 87.2 Å². The zero-order valence-corrected chi connectivity index (χ0v) is 40.8. The molecule has 3 aliphatic rings. The number of benzene rings is 5. The molecule has 1 saturated carbocycles. The summed E-state index contributed by atoms with van der Waals surface area (Å²) in [5, 5.41) is 7.15. The summed E-state index contributed by atoms with van der Waals surface area (Å²) in [5.41, 5.74) is 17.9. The van der Waals surface area contributed by atoms with Gasteiger partial charge >= 0.3 is 5.97 Å². The van der Waals surface area contributed by atoms with Gasteiger partial charge in [-0.05, 0) is 130 Å². The lowest BCUT2D eigenvalue weighted by molar-refractivity contribution is -0.126. The number of carbonyl (C=O) groups excluding carboxylic acids is 5. The minimum absolute atomic E-state index is 0.0370. The smallest absolute Gasteiger partial charge is 0.340 e. The number of anilines is 3. The first-order valence-electron chi connectivity index (χ1n) is 25.4. The number of aryl methyl sites for hydroxylation is 1. The van der Waals surface area contributed by atoms with Gasteiger partial charge in [-0.1, -0.05) is 62.9 Å². The lowest BCUT2D eigenvalue weighted by Gasteiger charge is -2.36. The van der Waals surface area contributed by atoms with Crippen LogP contribution in [0.1, 0.15) is 138 Å². The van der Waals surface area contributed by atoms with Crippen molar-refractivity contribution >= 4 is 57.4 Å². The van der Waals surface area contributed by atoms with Crippen LogP contribution < -0.4 is 31.7 Å². The number of nitrogens with one attached hydrogen (secondary N) is 2. The van der Waals surface area contributed by atoms with Gasteiger partial charge < -0.3 is 41.0 Å². The van der Waals surface area contributed by atoms with Crippen molar-refractivity contribution in [1.82, 2.24) is 15.2 Å². The van der Waals surface area contributed by atoms with Crippen LogP contribution in [0, 0.1) is 11.8 Å². The highest BCUT2D eigenvalue weighted by Crippen LogP contribution is 2.56. The number of amides is 3. The summed E-state index contributed by atoms with van der Waals surface area (Å²) in [5.74, 6) is 0.386. The van der Waals surface area contributed by atoms with Gasteiger partial charge in [-0.2, -0.15) is 0 Å². The normalized spacial score (nSPS) is 16.3. The van der Waals surface area contributed by atoms with E-state index in [1.807, 2.05) is 54.0 Å². The summed E-state index contributed by atoms with van der Waals surface area (Å²) in [6, 6.07) is 33.3. The first kappa shape index (κ1) is 48.6. The Kier molecular flexibility index (Phi) is 14.6. The highest BCUT2D eigenvalue weighted by molar-refractivity contribution is 6.03. The number of esters is 1. The van der Waals surface area contributed by atoms with Crippen LogP contribution in [0.3, 0.4) is 0 Å². The number of ether oxygens (including phenoxy) is 2. The topological polar surface area (TPSA) is 188 Å². The van der Waals surface area contributed by atoms with E-state index in [-0.39, 0.29) is 41.9 Å². The zero-order chi connectivity index (χ0) is 49.6. The summed E-state index contributed by atoms with van der Waals surface area (Å²) in [7, 11) is 0. The highest BCUT2D eigenvalue weighted by atomic mass is 16.6. The molecule has 1 spiro atoms. The van der Waals surface area contributed by atoms with Crippen molar-refractivity contribution in [3.8, 4) is 11.5 Å². The van der Waals surface area contributed by atoms with E-state index in [0.29, 0.717) is 82.4 Å². The minimum atomic E-state index is -1.34. The number of hydrogen-bond acceptors (Lipinski definition) is 9. The number of aromatic nitrogens is 1. The molecule has 0 saturated heterocycles. The number of fused-ring (bicyclic) bond motifs is 7. The second-order valence-corrected chi connectivity index (χ2v) is 19.3.